The van der Waals surface area contributed by atoms with E-state index < -0.39 is 59.3 Å². The first kappa shape index (κ1) is 28.9. The summed E-state index contributed by atoms with van der Waals surface area (Å²) in [7, 11) is 3.22. The minimum Gasteiger partial charge on any atom is -0.505 e. The fourth-order valence-corrected chi connectivity index (χ4v) is 5.26. The van der Waals surface area contributed by atoms with E-state index in [9.17, 15) is 24.6 Å². The number of nitrogens with two attached hydrogens (primary N) is 1. The molecule has 0 spiro atoms. The van der Waals surface area contributed by atoms with Crippen molar-refractivity contribution in [1.29, 1.82) is 0 Å². The molecule has 4 atom stereocenters. The Hall–Kier alpha value is -4.59. The van der Waals surface area contributed by atoms with Crippen LogP contribution in [0.1, 0.15) is 29.8 Å². The van der Waals surface area contributed by atoms with Crippen LogP contribution in [0, 0.1) is 6.92 Å². The summed E-state index contributed by atoms with van der Waals surface area (Å²) >= 11 is 0. The molecule has 1 aliphatic heterocycles. The predicted molar refractivity (Wildman–Crippen MR) is 151 cm³/mol. The van der Waals surface area contributed by atoms with Gasteiger partial charge in [-0.1, -0.05) is 6.07 Å². The second kappa shape index (κ2) is 10.7. The van der Waals surface area contributed by atoms with Crippen LogP contribution < -0.4 is 21.4 Å². The largest absolute Gasteiger partial charge is 0.505 e. The van der Waals surface area contributed by atoms with Crippen molar-refractivity contribution in [2.24, 2.45) is 12.8 Å². The third-order valence-corrected chi connectivity index (χ3v) is 7.40. The van der Waals surface area contributed by atoms with Crippen molar-refractivity contribution in [3.63, 3.8) is 0 Å². The molecule has 2 amide bonds. The van der Waals surface area contributed by atoms with E-state index in [-0.39, 0.29) is 22.3 Å². The number of anilines is 1. The Labute approximate surface area is 239 Å². The summed E-state index contributed by atoms with van der Waals surface area (Å²) in [5.41, 5.74) is 4.11. The van der Waals surface area contributed by atoms with Gasteiger partial charge in [-0.15, -0.1) is 0 Å². The molecule has 13 heteroatoms. The van der Waals surface area contributed by atoms with Crippen molar-refractivity contribution < 1.29 is 43.2 Å². The molecule has 2 aromatic carbocycles. The Kier molecular flexibility index (Phi) is 7.35. The van der Waals surface area contributed by atoms with Gasteiger partial charge in [0.05, 0.1) is 11.0 Å². The van der Waals surface area contributed by atoms with E-state index in [1.165, 1.54) is 19.2 Å². The number of benzene rings is 2. The molecular weight excluding hydrogens is 550 g/mol. The number of fused-ring (bicyclic) bond motifs is 2. The van der Waals surface area contributed by atoms with E-state index in [1.807, 2.05) is 23.9 Å². The second-order valence-electron chi connectivity index (χ2n) is 10.6. The van der Waals surface area contributed by atoms with Gasteiger partial charge in [0.15, 0.2) is 23.6 Å². The number of aliphatic hydroxyl groups excluding tert-OH is 1. The number of carbonyl (C=O) groups is 2. The number of carbonyl (C=O) groups excluding carboxylic acids is 2. The van der Waals surface area contributed by atoms with Crippen molar-refractivity contribution in [3.05, 3.63) is 64.1 Å². The number of primary amides is 1. The van der Waals surface area contributed by atoms with E-state index in [1.54, 1.807) is 39.0 Å². The van der Waals surface area contributed by atoms with Crippen LogP contribution in [0.4, 0.5) is 10.5 Å². The molecule has 13 nitrogen and oxygen atoms in total. The van der Waals surface area contributed by atoms with E-state index in [0.29, 0.717) is 5.56 Å². The van der Waals surface area contributed by atoms with Gasteiger partial charge in [0.1, 0.15) is 17.4 Å². The molecule has 1 aliphatic rings. The molecule has 4 aromatic rings. The number of aromatic nitrogens is 1. The van der Waals surface area contributed by atoms with Crippen molar-refractivity contribution >= 4 is 39.6 Å². The standard InChI is InChI=1S/C29H31N3O10/c1-13-18(39-27-21(34)23(41-28(30)37)24(38-5)29(2,3)42-27)9-8-16-20(33)19(26(36)40-22(13)16)31-25(35)15-7-6-14-10-11-32(4)17(14)12-15/h6-12,21,23-24,27,33-34H,1-5H3,(H2,30,37)(H,31,35)/t21-,23+,24-,27-/m1/s1. The molecular formula is C29H31N3O10. The Balaban J connectivity index is 1.44. The van der Waals surface area contributed by atoms with Gasteiger partial charge in [-0.3, -0.25) is 4.79 Å². The third-order valence-electron chi connectivity index (χ3n) is 7.40. The van der Waals surface area contributed by atoms with Crippen molar-refractivity contribution in [1.82, 2.24) is 4.57 Å². The Morgan fingerprint density at radius 2 is 1.90 bits per heavy atom. The number of hydrogen-bond acceptors (Lipinski definition) is 10. The van der Waals surface area contributed by atoms with E-state index in [2.05, 4.69) is 5.32 Å². The maximum atomic E-state index is 13.0. The lowest BCUT2D eigenvalue weighted by Crippen LogP contribution is -2.65. The number of rotatable bonds is 6. The summed E-state index contributed by atoms with van der Waals surface area (Å²) < 4.78 is 29.8. The molecule has 0 unspecified atom stereocenters. The first-order chi connectivity index (χ1) is 19.8. The molecule has 1 fully saturated rings. The van der Waals surface area contributed by atoms with Crippen LogP contribution in [0.15, 0.2) is 51.8 Å². The summed E-state index contributed by atoms with van der Waals surface area (Å²) in [6, 6.07) is 9.88. The summed E-state index contributed by atoms with van der Waals surface area (Å²) in [5, 5.41) is 25.4. The number of nitrogens with one attached hydrogen (secondary N) is 1. The molecule has 2 aromatic heterocycles. The third kappa shape index (κ3) is 5.02. The highest BCUT2D eigenvalue weighted by molar-refractivity contribution is 6.08. The first-order valence-corrected chi connectivity index (χ1v) is 13.0. The Morgan fingerprint density at radius 3 is 2.60 bits per heavy atom. The average molecular weight is 582 g/mol. The van der Waals surface area contributed by atoms with Crippen LogP contribution in [-0.4, -0.2) is 64.1 Å². The van der Waals surface area contributed by atoms with Gasteiger partial charge in [-0.25, -0.2) is 9.59 Å². The van der Waals surface area contributed by atoms with Crippen LogP contribution in [0.25, 0.3) is 21.9 Å². The first-order valence-electron chi connectivity index (χ1n) is 13.0. The lowest BCUT2D eigenvalue weighted by atomic mass is 9.89. The lowest BCUT2D eigenvalue weighted by molar-refractivity contribution is -0.304. The van der Waals surface area contributed by atoms with Crippen LogP contribution >= 0.6 is 0 Å². The number of amides is 2. The molecule has 3 heterocycles. The number of aromatic hydroxyl groups is 1. The number of nitrogens with zero attached hydrogens (tertiary/aromatic N) is 1. The van der Waals surface area contributed by atoms with Crippen LogP contribution in [0.2, 0.25) is 0 Å². The fourth-order valence-electron chi connectivity index (χ4n) is 5.26. The van der Waals surface area contributed by atoms with E-state index in [0.717, 1.165) is 10.9 Å². The molecule has 42 heavy (non-hydrogen) atoms. The molecule has 5 N–H and O–H groups in total. The van der Waals surface area contributed by atoms with Crippen molar-refractivity contribution in [2.45, 2.75) is 51.0 Å². The number of methoxy groups -OCH3 is 1. The molecule has 5 rings (SSSR count). The highest BCUT2D eigenvalue weighted by atomic mass is 16.7. The van der Waals surface area contributed by atoms with Crippen LogP contribution in [0.5, 0.6) is 11.5 Å². The fraction of sp³-hybridized carbons (Fsp3) is 0.345. The Bertz CT molecular complexity index is 1760. The maximum Gasteiger partial charge on any atom is 0.404 e. The zero-order valence-electron chi connectivity index (χ0n) is 23.5. The number of hydrogen-bond donors (Lipinski definition) is 4. The van der Waals surface area contributed by atoms with E-state index in [4.69, 9.17) is 29.1 Å². The summed E-state index contributed by atoms with van der Waals surface area (Å²) in [4.78, 5) is 37.4. The van der Waals surface area contributed by atoms with Gasteiger partial charge in [0.2, 0.25) is 6.29 Å². The molecule has 0 saturated carbocycles. The quantitative estimate of drug-likeness (QED) is 0.247. The number of aliphatic hydroxyl groups is 1. The van der Waals surface area contributed by atoms with Crippen LogP contribution in [0.3, 0.4) is 0 Å². The SMILES string of the molecule is CO[C@@H]1[C@@H](OC(N)=O)[C@@H](O)[C@H](Oc2ccc3c(O)c(NC(=O)c4ccc5ccn(C)c5c4)c(=O)oc3c2C)OC1(C)C. The molecule has 0 bridgehead atoms. The van der Waals surface area contributed by atoms with Crippen LogP contribution in [-0.2, 0) is 21.3 Å². The van der Waals surface area contributed by atoms with Crippen molar-refractivity contribution in [3.8, 4) is 11.5 Å². The maximum absolute atomic E-state index is 13.0. The minimum atomic E-state index is -1.50. The average Bonchev–Trinajstić information content (AvgIpc) is 3.30. The zero-order chi connectivity index (χ0) is 30.5. The molecule has 0 radical (unpaired) electrons. The normalized spacial score (nSPS) is 21.8. The van der Waals surface area contributed by atoms with Crippen molar-refractivity contribution in [2.75, 3.05) is 12.4 Å². The second-order valence-corrected chi connectivity index (χ2v) is 10.6. The lowest BCUT2D eigenvalue weighted by Gasteiger charge is -2.47. The predicted octanol–water partition coefficient (Wildman–Crippen LogP) is 2.90. The van der Waals surface area contributed by atoms with Gasteiger partial charge in [-0.2, -0.15) is 0 Å². The highest BCUT2D eigenvalue weighted by Gasteiger charge is 2.53. The van der Waals surface area contributed by atoms with Gasteiger partial charge in [0.25, 0.3) is 5.91 Å². The summed E-state index contributed by atoms with van der Waals surface area (Å²) in [6.45, 7) is 4.90. The topological polar surface area (TPSA) is 185 Å². The molecule has 0 aliphatic carbocycles. The van der Waals surface area contributed by atoms with Gasteiger partial charge < -0.3 is 49.2 Å². The smallest absolute Gasteiger partial charge is 0.404 e. The number of aryl methyl sites for hydroxylation is 2. The zero-order valence-corrected chi connectivity index (χ0v) is 23.5. The molecule has 1 saturated heterocycles. The van der Waals surface area contributed by atoms with E-state index >= 15 is 0 Å². The monoisotopic (exact) mass is 581 g/mol. The number of ether oxygens (including phenoxy) is 4. The van der Waals surface area contributed by atoms with Gasteiger partial charge in [0, 0.05) is 37.0 Å². The Morgan fingerprint density at radius 1 is 1.17 bits per heavy atom. The molecule has 222 valence electrons. The minimum absolute atomic E-state index is 0.0116. The van der Waals surface area contributed by atoms with Gasteiger partial charge in [-0.05, 0) is 56.5 Å². The summed E-state index contributed by atoms with van der Waals surface area (Å²) in [6.07, 6.45) is -4.17. The summed E-state index contributed by atoms with van der Waals surface area (Å²) in [5.74, 6) is -0.951. The van der Waals surface area contributed by atoms with Gasteiger partial charge >= 0.3 is 11.7 Å². The highest BCUT2D eigenvalue weighted by Crippen LogP contribution is 2.38.